The van der Waals surface area contributed by atoms with E-state index in [1.54, 1.807) is 0 Å². The van der Waals surface area contributed by atoms with Crippen molar-refractivity contribution in [2.24, 2.45) is 5.92 Å². The highest BCUT2D eigenvalue weighted by Gasteiger charge is 2.39. The van der Waals surface area contributed by atoms with E-state index in [-0.39, 0.29) is 11.7 Å². The third-order valence-corrected chi connectivity index (χ3v) is 9.26. The van der Waals surface area contributed by atoms with Crippen LogP contribution in [-0.4, -0.2) is 30.7 Å². The Labute approximate surface area is 180 Å². The summed E-state index contributed by atoms with van der Waals surface area (Å²) in [4.78, 5) is 2.13. The normalized spacial score (nSPS) is 21.1. The average Bonchev–Trinajstić information content (AvgIpc) is 3.16. The zero-order valence-corrected chi connectivity index (χ0v) is 18.5. The quantitative estimate of drug-likeness (QED) is 0.375. The standard InChI is InChI=1S/C23H26F6NP/c1-15(30(2)3)20-5-4-6-21(20)31(18-11-7-16(8-12-18)22(24,25)26)19-13-9-17(10-14-19)23(27,28)29/h7-15,20-21H,4-6H2,1-3H3/t15-,20?,21?/m1/s1. The third kappa shape index (κ3) is 5.43. The predicted octanol–water partition coefficient (Wildman–Crippen LogP) is 6.28. The van der Waals surface area contributed by atoms with E-state index in [1.807, 2.05) is 14.1 Å². The van der Waals surface area contributed by atoms with E-state index in [0.717, 1.165) is 54.1 Å². The Morgan fingerprint density at radius 3 is 1.55 bits per heavy atom. The van der Waals surface area contributed by atoms with Gasteiger partial charge in [0.1, 0.15) is 0 Å². The molecule has 2 unspecified atom stereocenters. The van der Waals surface area contributed by atoms with Crippen LogP contribution in [0.3, 0.4) is 0 Å². The van der Waals surface area contributed by atoms with Crippen molar-refractivity contribution in [3.8, 4) is 0 Å². The second-order valence-corrected chi connectivity index (χ2v) is 10.8. The van der Waals surface area contributed by atoms with E-state index < -0.39 is 31.4 Å². The highest BCUT2D eigenvalue weighted by Crippen LogP contribution is 2.51. The molecular formula is C23H26F6NP. The van der Waals surface area contributed by atoms with E-state index >= 15 is 0 Å². The molecule has 2 aromatic carbocycles. The summed E-state index contributed by atoms with van der Waals surface area (Å²) in [5.74, 6) is 0.325. The fourth-order valence-electron chi connectivity index (χ4n) is 4.39. The summed E-state index contributed by atoms with van der Waals surface area (Å²) < 4.78 is 78.3. The lowest BCUT2D eigenvalue weighted by Gasteiger charge is -2.36. The fourth-order valence-corrected chi connectivity index (χ4v) is 7.62. The second-order valence-electron chi connectivity index (χ2n) is 8.33. The molecule has 0 bridgehead atoms. The molecular weight excluding hydrogens is 435 g/mol. The van der Waals surface area contributed by atoms with E-state index in [2.05, 4.69) is 11.8 Å². The van der Waals surface area contributed by atoms with Crippen LogP contribution in [0.15, 0.2) is 48.5 Å². The summed E-state index contributed by atoms with van der Waals surface area (Å²) in [7, 11) is 2.89. The van der Waals surface area contributed by atoms with Gasteiger partial charge in [-0.05, 0) is 88.2 Å². The van der Waals surface area contributed by atoms with Crippen LogP contribution in [0.1, 0.15) is 37.3 Å². The first-order chi connectivity index (χ1) is 14.4. The van der Waals surface area contributed by atoms with Gasteiger partial charge < -0.3 is 4.90 Å². The number of halogens is 6. The number of nitrogens with zero attached hydrogens (tertiary/aromatic N) is 1. The largest absolute Gasteiger partial charge is 0.416 e. The number of hydrogen-bond donors (Lipinski definition) is 0. The molecule has 1 nitrogen and oxygen atoms in total. The minimum Gasteiger partial charge on any atom is -0.306 e. The van der Waals surface area contributed by atoms with Crippen molar-refractivity contribution in [2.45, 2.75) is 50.2 Å². The van der Waals surface area contributed by atoms with E-state index in [0.29, 0.717) is 5.92 Å². The molecule has 0 N–H and O–H groups in total. The minimum absolute atomic E-state index is 0.195. The molecule has 0 radical (unpaired) electrons. The molecule has 1 saturated carbocycles. The van der Waals surface area contributed by atoms with Crippen molar-refractivity contribution in [1.82, 2.24) is 4.90 Å². The molecule has 0 amide bonds. The van der Waals surface area contributed by atoms with Crippen LogP contribution in [-0.2, 0) is 12.4 Å². The smallest absolute Gasteiger partial charge is 0.306 e. The molecule has 1 aliphatic rings. The van der Waals surface area contributed by atoms with Gasteiger partial charge >= 0.3 is 12.4 Å². The maximum atomic E-state index is 13.1. The molecule has 1 fully saturated rings. The summed E-state index contributed by atoms with van der Waals surface area (Å²) in [5.41, 5.74) is -1.24. The number of rotatable bonds is 5. The molecule has 8 heteroatoms. The molecule has 1 aliphatic carbocycles. The number of hydrogen-bond acceptors (Lipinski definition) is 1. The number of benzene rings is 2. The van der Waals surface area contributed by atoms with Gasteiger partial charge in [-0.3, -0.25) is 0 Å². The molecule has 3 rings (SSSR count). The van der Waals surface area contributed by atoms with Crippen LogP contribution >= 0.6 is 7.92 Å². The lowest BCUT2D eigenvalue weighted by molar-refractivity contribution is -0.138. The van der Waals surface area contributed by atoms with Crippen molar-refractivity contribution >= 4 is 18.5 Å². The Kier molecular flexibility index (Phi) is 7.07. The Morgan fingerprint density at radius 2 is 1.19 bits per heavy atom. The molecule has 0 aliphatic heterocycles. The Bertz CT molecular complexity index is 800. The maximum Gasteiger partial charge on any atom is 0.416 e. The molecule has 2 aromatic rings. The molecule has 0 spiro atoms. The van der Waals surface area contributed by atoms with Crippen molar-refractivity contribution in [2.75, 3.05) is 14.1 Å². The van der Waals surface area contributed by atoms with E-state index in [9.17, 15) is 26.3 Å². The Hall–Kier alpha value is -1.59. The van der Waals surface area contributed by atoms with Gasteiger partial charge in [-0.25, -0.2) is 0 Å². The average molecular weight is 461 g/mol. The zero-order chi connectivity index (χ0) is 23.0. The van der Waals surface area contributed by atoms with Crippen molar-refractivity contribution in [3.05, 3.63) is 59.7 Å². The predicted molar refractivity (Wildman–Crippen MR) is 113 cm³/mol. The van der Waals surface area contributed by atoms with E-state index in [1.165, 1.54) is 24.3 Å². The van der Waals surface area contributed by atoms with Gasteiger partial charge in [0.25, 0.3) is 0 Å². The van der Waals surface area contributed by atoms with Crippen LogP contribution in [0, 0.1) is 5.92 Å². The first kappa shape index (κ1) is 24.1. The Balaban J connectivity index is 2.04. The topological polar surface area (TPSA) is 3.24 Å². The highest BCUT2D eigenvalue weighted by molar-refractivity contribution is 7.73. The van der Waals surface area contributed by atoms with Crippen molar-refractivity contribution in [1.29, 1.82) is 0 Å². The summed E-state index contributed by atoms with van der Waals surface area (Å²) in [6.07, 6.45) is -5.93. The first-order valence-electron chi connectivity index (χ1n) is 10.2. The highest BCUT2D eigenvalue weighted by atomic mass is 31.1. The van der Waals surface area contributed by atoms with Gasteiger partial charge in [0, 0.05) is 6.04 Å². The molecule has 31 heavy (non-hydrogen) atoms. The Morgan fingerprint density at radius 1 is 0.774 bits per heavy atom. The molecule has 3 atom stereocenters. The van der Waals surface area contributed by atoms with Gasteiger partial charge in [-0.15, -0.1) is 0 Å². The first-order valence-corrected chi connectivity index (χ1v) is 11.6. The minimum atomic E-state index is -4.43. The summed E-state index contributed by atoms with van der Waals surface area (Å²) in [6, 6.07) is 10.6. The monoisotopic (exact) mass is 461 g/mol. The molecule has 0 aromatic heterocycles. The van der Waals surface area contributed by atoms with Gasteiger partial charge in [0.15, 0.2) is 0 Å². The van der Waals surface area contributed by atoms with Crippen LogP contribution in [0.2, 0.25) is 0 Å². The fraction of sp³-hybridized carbons (Fsp3) is 0.478. The number of alkyl halides is 6. The molecule has 0 heterocycles. The summed E-state index contributed by atoms with van der Waals surface area (Å²) in [5, 5.41) is 1.54. The zero-order valence-electron chi connectivity index (χ0n) is 17.6. The van der Waals surface area contributed by atoms with Gasteiger partial charge in [-0.2, -0.15) is 26.3 Å². The third-order valence-electron chi connectivity index (χ3n) is 6.24. The van der Waals surface area contributed by atoms with Gasteiger partial charge in [0.05, 0.1) is 11.1 Å². The maximum absolute atomic E-state index is 13.1. The lowest BCUT2D eigenvalue weighted by atomic mass is 9.98. The molecule has 0 saturated heterocycles. The summed E-state index contributed by atoms with van der Waals surface area (Å²) >= 11 is 0. The molecule has 170 valence electrons. The SMILES string of the molecule is C[C@H](C1CCCC1P(c1ccc(C(F)(F)F)cc1)c1ccc(C(F)(F)F)cc1)N(C)C. The van der Waals surface area contributed by atoms with Crippen molar-refractivity contribution in [3.63, 3.8) is 0 Å². The van der Waals surface area contributed by atoms with Crippen LogP contribution in [0.4, 0.5) is 26.3 Å². The second kappa shape index (κ2) is 9.11. The van der Waals surface area contributed by atoms with E-state index in [4.69, 9.17) is 0 Å². The summed E-state index contributed by atoms with van der Waals surface area (Å²) in [6.45, 7) is 2.13. The van der Waals surface area contributed by atoms with Crippen LogP contribution in [0.5, 0.6) is 0 Å². The van der Waals surface area contributed by atoms with Gasteiger partial charge in [0.2, 0.25) is 0 Å². The lowest BCUT2D eigenvalue weighted by Crippen LogP contribution is -2.38. The van der Waals surface area contributed by atoms with Crippen LogP contribution < -0.4 is 10.6 Å². The van der Waals surface area contributed by atoms with Crippen molar-refractivity contribution < 1.29 is 26.3 Å². The van der Waals surface area contributed by atoms with Gasteiger partial charge in [-0.1, -0.05) is 30.7 Å². The van der Waals surface area contributed by atoms with Crippen LogP contribution in [0.25, 0.3) is 0 Å².